The fourth-order valence-electron chi connectivity index (χ4n) is 5.46. The Bertz CT molecular complexity index is 1500. The van der Waals surface area contributed by atoms with Crippen molar-refractivity contribution in [3.63, 3.8) is 0 Å². The molecule has 2 N–H and O–H groups in total. The summed E-state index contributed by atoms with van der Waals surface area (Å²) < 4.78 is 42.9. The molecule has 1 aliphatic carbocycles. The largest absolute Gasteiger partial charge is 0.481 e. The Morgan fingerprint density at radius 3 is 2.50 bits per heavy atom. The third-order valence-corrected chi connectivity index (χ3v) is 7.61. The first-order valence-corrected chi connectivity index (χ1v) is 12.7. The SMILES string of the molecule is CC(NC(=O)c1cc(C(F)(F)F)cc2ccn(Cc3ccc4ccccc4n3)c12)[C@H]1CC[C@H](C(=O)O)CC1. The van der Waals surface area contributed by atoms with Crippen LogP contribution in [0.2, 0.25) is 0 Å². The number of halogens is 3. The van der Waals surface area contributed by atoms with Crippen molar-refractivity contribution in [3.8, 4) is 0 Å². The van der Waals surface area contributed by atoms with Crippen LogP contribution >= 0.6 is 0 Å². The standard InChI is InChI=1S/C29H28F3N3O3/c1-17(18-6-8-20(9-7-18)28(37)38)33-27(36)24-15-22(29(30,31)32)14-21-12-13-35(26(21)24)16-23-11-10-19-4-2-3-5-25(19)34-23/h2-5,10-15,17-18,20H,6-9,16H2,1H3,(H,33,36)(H,37,38)/t17?,18-,20-. The zero-order valence-electron chi connectivity index (χ0n) is 20.8. The number of benzene rings is 2. The molecule has 2 aromatic carbocycles. The number of rotatable bonds is 6. The molecule has 1 fully saturated rings. The molecular weight excluding hydrogens is 495 g/mol. The Morgan fingerprint density at radius 1 is 1.05 bits per heavy atom. The molecule has 2 heterocycles. The Hall–Kier alpha value is -3.88. The summed E-state index contributed by atoms with van der Waals surface area (Å²) in [6.45, 7) is 2.11. The molecule has 1 amide bonds. The minimum Gasteiger partial charge on any atom is -0.481 e. The first-order chi connectivity index (χ1) is 18.1. The Kier molecular flexibility index (Phi) is 6.86. The number of hydrogen-bond acceptors (Lipinski definition) is 3. The maximum absolute atomic E-state index is 13.7. The van der Waals surface area contributed by atoms with E-state index in [0.29, 0.717) is 36.6 Å². The van der Waals surface area contributed by atoms with Crippen LogP contribution in [0.1, 0.15) is 54.2 Å². The van der Waals surface area contributed by atoms with E-state index in [1.165, 1.54) is 0 Å². The molecular formula is C29H28F3N3O3. The number of para-hydroxylation sites is 1. The monoisotopic (exact) mass is 523 g/mol. The van der Waals surface area contributed by atoms with Gasteiger partial charge < -0.3 is 15.0 Å². The fraction of sp³-hybridized carbons (Fsp3) is 0.345. The summed E-state index contributed by atoms with van der Waals surface area (Å²) in [5, 5.41) is 13.4. The van der Waals surface area contributed by atoms with E-state index in [2.05, 4.69) is 10.3 Å². The van der Waals surface area contributed by atoms with Crippen LogP contribution in [0.4, 0.5) is 13.2 Å². The van der Waals surface area contributed by atoms with Crippen LogP contribution < -0.4 is 5.32 Å². The minimum absolute atomic E-state index is 0.0494. The van der Waals surface area contributed by atoms with Gasteiger partial charge in [0.1, 0.15) is 0 Å². The quantitative estimate of drug-likeness (QED) is 0.312. The molecule has 5 rings (SSSR count). The number of nitrogens with zero attached hydrogens (tertiary/aromatic N) is 2. The van der Waals surface area contributed by atoms with Crippen molar-refractivity contribution in [2.45, 2.75) is 51.4 Å². The second-order valence-electron chi connectivity index (χ2n) is 10.1. The summed E-state index contributed by atoms with van der Waals surface area (Å²) in [6.07, 6.45) is -0.604. The number of nitrogens with one attached hydrogen (secondary N) is 1. The van der Waals surface area contributed by atoms with Crippen molar-refractivity contribution < 1.29 is 27.9 Å². The third kappa shape index (κ3) is 5.23. The van der Waals surface area contributed by atoms with Crippen LogP contribution in [0.15, 0.2) is 60.8 Å². The lowest BCUT2D eigenvalue weighted by molar-refractivity contribution is -0.143. The predicted molar refractivity (Wildman–Crippen MR) is 138 cm³/mol. The van der Waals surface area contributed by atoms with Crippen molar-refractivity contribution in [2.75, 3.05) is 0 Å². The molecule has 0 aliphatic heterocycles. The topological polar surface area (TPSA) is 84.2 Å². The fourth-order valence-corrected chi connectivity index (χ4v) is 5.46. The average Bonchev–Trinajstić information content (AvgIpc) is 3.30. The molecule has 0 saturated heterocycles. The lowest BCUT2D eigenvalue weighted by atomic mass is 9.79. The molecule has 198 valence electrons. The molecule has 38 heavy (non-hydrogen) atoms. The van der Waals surface area contributed by atoms with Gasteiger partial charge in [0.2, 0.25) is 0 Å². The summed E-state index contributed by atoms with van der Waals surface area (Å²) >= 11 is 0. The number of aliphatic carboxylic acids is 1. The summed E-state index contributed by atoms with van der Waals surface area (Å²) in [6, 6.07) is 14.7. The number of pyridine rings is 1. The van der Waals surface area contributed by atoms with E-state index in [1.54, 1.807) is 16.8 Å². The Labute approximate surface area is 217 Å². The van der Waals surface area contributed by atoms with E-state index in [1.807, 2.05) is 43.3 Å². The first kappa shape index (κ1) is 25.8. The maximum atomic E-state index is 13.7. The molecule has 0 spiro atoms. The highest BCUT2D eigenvalue weighted by Crippen LogP contribution is 2.35. The van der Waals surface area contributed by atoms with Crippen LogP contribution in [0, 0.1) is 11.8 Å². The molecule has 1 unspecified atom stereocenters. The summed E-state index contributed by atoms with van der Waals surface area (Å²) in [7, 11) is 0. The van der Waals surface area contributed by atoms with Gasteiger partial charge in [-0.15, -0.1) is 0 Å². The van der Waals surface area contributed by atoms with Gasteiger partial charge in [-0.3, -0.25) is 14.6 Å². The summed E-state index contributed by atoms with van der Waals surface area (Å²) in [4.78, 5) is 29.4. The molecule has 0 bridgehead atoms. The van der Waals surface area contributed by atoms with Crippen LogP contribution in [-0.4, -0.2) is 32.6 Å². The maximum Gasteiger partial charge on any atom is 0.416 e. The van der Waals surface area contributed by atoms with Gasteiger partial charge in [0.05, 0.1) is 40.3 Å². The molecule has 2 aromatic heterocycles. The van der Waals surface area contributed by atoms with Crippen molar-refractivity contribution in [3.05, 3.63) is 77.6 Å². The van der Waals surface area contributed by atoms with Crippen molar-refractivity contribution in [1.82, 2.24) is 14.9 Å². The highest BCUT2D eigenvalue weighted by atomic mass is 19.4. The predicted octanol–water partition coefficient (Wildman–Crippen LogP) is 6.27. The van der Waals surface area contributed by atoms with Gasteiger partial charge in [-0.1, -0.05) is 24.3 Å². The molecule has 1 aliphatic rings. The van der Waals surface area contributed by atoms with Gasteiger partial charge in [0.25, 0.3) is 5.91 Å². The highest BCUT2D eigenvalue weighted by molar-refractivity contribution is 6.06. The number of amides is 1. The van der Waals surface area contributed by atoms with E-state index in [-0.39, 0.29) is 30.0 Å². The van der Waals surface area contributed by atoms with Gasteiger partial charge >= 0.3 is 12.1 Å². The number of fused-ring (bicyclic) bond motifs is 2. The van der Waals surface area contributed by atoms with Crippen LogP contribution in [0.3, 0.4) is 0 Å². The third-order valence-electron chi connectivity index (χ3n) is 7.61. The number of carboxylic acid groups (broad SMARTS) is 1. The zero-order valence-corrected chi connectivity index (χ0v) is 20.8. The summed E-state index contributed by atoms with van der Waals surface area (Å²) in [5.74, 6) is -1.72. The smallest absolute Gasteiger partial charge is 0.416 e. The lowest BCUT2D eigenvalue weighted by Gasteiger charge is -2.31. The number of hydrogen-bond donors (Lipinski definition) is 2. The first-order valence-electron chi connectivity index (χ1n) is 12.7. The van der Waals surface area contributed by atoms with E-state index in [9.17, 15) is 27.9 Å². The number of carboxylic acids is 1. The van der Waals surface area contributed by atoms with Gasteiger partial charge in [-0.05, 0) is 68.9 Å². The highest BCUT2D eigenvalue weighted by Gasteiger charge is 2.34. The van der Waals surface area contributed by atoms with Crippen LogP contribution in [0.25, 0.3) is 21.8 Å². The van der Waals surface area contributed by atoms with E-state index in [0.717, 1.165) is 28.7 Å². The van der Waals surface area contributed by atoms with Gasteiger partial charge in [-0.2, -0.15) is 13.2 Å². The van der Waals surface area contributed by atoms with E-state index >= 15 is 0 Å². The zero-order chi connectivity index (χ0) is 27.0. The second kappa shape index (κ2) is 10.1. The van der Waals surface area contributed by atoms with Gasteiger partial charge in [-0.25, -0.2) is 0 Å². The Balaban J connectivity index is 1.45. The molecule has 1 atom stereocenters. The molecule has 9 heteroatoms. The van der Waals surface area contributed by atoms with Gasteiger partial charge in [0, 0.05) is 23.0 Å². The minimum atomic E-state index is -4.61. The van der Waals surface area contributed by atoms with E-state index in [4.69, 9.17) is 0 Å². The molecule has 6 nitrogen and oxygen atoms in total. The number of carbonyl (C=O) groups excluding carboxylic acids is 1. The molecule has 0 radical (unpaired) electrons. The van der Waals surface area contributed by atoms with Crippen molar-refractivity contribution >= 4 is 33.7 Å². The molecule has 4 aromatic rings. The number of carbonyl (C=O) groups is 2. The number of alkyl halides is 3. The average molecular weight is 524 g/mol. The van der Waals surface area contributed by atoms with Crippen LogP contribution in [-0.2, 0) is 17.5 Å². The Morgan fingerprint density at radius 2 is 1.79 bits per heavy atom. The van der Waals surface area contributed by atoms with Crippen molar-refractivity contribution in [1.29, 1.82) is 0 Å². The van der Waals surface area contributed by atoms with Crippen LogP contribution in [0.5, 0.6) is 0 Å². The lowest BCUT2D eigenvalue weighted by Crippen LogP contribution is -2.40. The van der Waals surface area contributed by atoms with E-state index < -0.39 is 23.6 Å². The molecule has 1 saturated carbocycles. The second-order valence-corrected chi connectivity index (χ2v) is 10.1. The van der Waals surface area contributed by atoms with Crippen molar-refractivity contribution in [2.24, 2.45) is 11.8 Å². The van der Waals surface area contributed by atoms with Gasteiger partial charge in [0.15, 0.2) is 0 Å². The summed E-state index contributed by atoms with van der Waals surface area (Å²) in [5.41, 5.74) is 1.01. The number of aromatic nitrogens is 2. The normalized spacial score (nSPS) is 18.9.